The Bertz CT molecular complexity index is 1090. The predicted molar refractivity (Wildman–Crippen MR) is 128 cm³/mol. The van der Waals surface area contributed by atoms with E-state index < -0.39 is 0 Å². The molecule has 1 aliphatic rings. The zero-order chi connectivity index (χ0) is 19.6. The number of para-hydroxylation sites is 2. The number of benzene rings is 4. The Balaban J connectivity index is 1.42. The van der Waals surface area contributed by atoms with Gasteiger partial charge in [0.15, 0.2) is 16.4 Å². The molecular formula is C26H20IOS+. The second kappa shape index (κ2) is 8.25. The Labute approximate surface area is 188 Å². The number of rotatable bonds is 4. The highest BCUT2D eigenvalue weighted by molar-refractivity contribution is 14.1. The highest BCUT2D eigenvalue weighted by Gasteiger charge is 2.38. The van der Waals surface area contributed by atoms with Gasteiger partial charge in [-0.05, 0) is 95.1 Å². The van der Waals surface area contributed by atoms with Crippen molar-refractivity contribution in [2.24, 2.45) is 0 Å². The average molecular weight is 507 g/mol. The van der Waals surface area contributed by atoms with Gasteiger partial charge in [0.05, 0.1) is 0 Å². The summed E-state index contributed by atoms with van der Waals surface area (Å²) >= 11 is 2.35. The summed E-state index contributed by atoms with van der Waals surface area (Å²) in [6, 6.07) is 34.8. The second-order valence-corrected chi connectivity index (χ2v) is 10.3. The number of aryl methyl sites for hydroxylation is 2. The topological polar surface area (TPSA) is 9.23 Å². The summed E-state index contributed by atoms with van der Waals surface area (Å²) in [4.78, 5) is 3.86. The van der Waals surface area contributed by atoms with E-state index in [0.717, 1.165) is 24.3 Å². The molecule has 142 valence electrons. The molecule has 0 fully saturated rings. The van der Waals surface area contributed by atoms with Crippen molar-refractivity contribution in [1.82, 2.24) is 0 Å². The SMILES string of the molecule is Ic1ccc(CCc2ccc([S+]3c4ccccc4Oc4ccccc43)cc2)cc1. The van der Waals surface area contributed by atoms with E-state index in [4.69, 9.17) is 4.74 Å². The van der Waals surface area contributed by atoms with E-state index in [1.54, 1.807) is 0 Å². The second-order valence-electron chi connectivity index (χ2n) is 7.07. The van der Waals surface area contributed by atoms with Crippen molar-refractivity contribution in [3.8, 4) is 11.5 Å². The molecule has 0 saturated heterocycles. The summed E-state index contributed by atoms with van der Waals surface area (Å²) in [5.41, 5.74) is 2.77. The maximum Gasteiger partial charge on any atom is 0.209 e. The molecule has 1 aliphatic heterocycles. The van der Waals surface area contributed by atoms with E-state index in [1.807, 2.05) is 12.1 Å². The molecular weight excluding hydrogens is 487 g/mol. The molecule has 0 N–H and O–H groups in total. The Morgan fingerprint density at radius 1 is 0.586 bits per heavy atom. The van der Waals surface area contributed by atoms with Gasteiger partial charge in [0, 0.05) is 3.57 Å². The molecule has 3 heteroatoms. The summed E-state index contributed by atoms with van der Waals surface area (Å²) in [5, 5.41) is 0. The van der Waals surface area contributed by atoms with Crippen LogP contribution in [-0.4, -0.2) is 0 Å². The minimum atomic E-state index is -0.135. The van der Waals surface area contributed by atoms with E-state index in [1.165, 1.54) is 29.4 Å². The number of hydrogen-bond acceptors (Lipinski definition) is 1. The molecule has 0 atom stereocenters. The molecule has 0 radical (unpaired) electrons. The predicted octanol–water partition coefficient (Wildman–Crippen LogP) is 7.28. The van der Waals surface area contributed by atoms with Crippen LogP contribution in [0.5, 0.6) is 11.5 Å². The largest absolute Gasteiger partial charge is 0.447 e. The van der Waals surface area contributed by atoms with Crippen LogP contribution in [-0.2, 0) is 23.7 Å². The summed E-state index contributed by atoms with van der Waals surface area (Å²) in [7, 11) is -0.135. The number of fused-ring (bicyclic) bond motifs is 2. The molecule has 1 nitrogen and oxygen atoms in total. The van der Waals surface area contributed by atoms with E-state index in [0.29, 0.717) is 0 Å². The lowest BCUT2D eigenvalue weighted by molar-refractivity contribution is 0.453. The van der Waals surface area contributed by atoms with Gasteiger partial charge >= 0.3 is 0 Å². The van der Waals surface area contributed by atoms with Crippen LogP contribution in [0.2, 0.25) is 0 Å². The quantitative estimate of drug-likeness (QED) is 0.184. The van der Waals surface area contributed by atoms with Crippen LogP contribution in [0.4, 0.5) is 0 Å². The van der Waals surface area contributed by atoms with Crippen molar-refractivity contribution in [2.75, 3.05) is 0 Å². The number of halogens is 1. The van der Waals surface area contributed by atoms with Gasteiger partial charge in [-0.1, -0.05) is 48.5 Å². The number of ether oxygens (including phenoxy) is 1. The molecule has 0 bridgehead atoms. The van der Waals surface area contributed by atoms with Crippen LogP contribution < -0.4 is 4.74 Å². The van der Waals surface area contributed by atoms with Gasteiger partial charge in [-0.2, -0.15) is 0 Å². The van der Waals surface area contributed by atoms with Gasteiger partial charge in [-0.25, -0.2) is 0 Å². The third-order valence-electron chi connectivity index (χ3n) is 5.13. The fourth-order valence-electron chi connectivity index (χ4n) is 3.63. The van der Waals surface area contributed by atoms with Gasteiger partial charge in [-0.3, -0.25) is 0 Å². The molecule has 5 rings (SSSR count). The lowest BCUT2D eigenvalue weighted by Crippen LogP contribution is -2.12. The van der Waals surface area contributed by atoms with Gasteiger partial charge in [0.25, 0.3) is 0 Å². The van der Waals surface area contributed by atoms with Crippen LogP contribution >= 0.6 is 22.6 Å². The fourth-order valence-corrected chi connectivity index (χ4v) is 6.19. The van der Waals surface area contributed by atoms with Crippen molar-refractivity contribution in [3.05, 3.63) is 112 Å². The smallest absolute Gasteiger partial charge is 0.209 e. The number of hydrogen-bond donors (Lipinski definition) is 0. The van der Waals surface area contributed by atoms with Gasteiger partial charge in [-0.15, -0.1) is 0 Å². The molecule has 0 saturated carbocycles. The van der Waals surface area contributed by atoms with Gasteiger partial charge in [0.2, 0.25) is 9.79 Å². The maximum absolute atomic E-state index is 6.16. The molecule has 29 heavy (non-hydrogen) atoms. The van der Waals surface area contributed by atoms with E-state index in [9.17, 15) is 0 Å². The Kier molecular flexibility index (Phi) is 5.34. The summed E-state index contributed by atoms with van der Waals surface area (Å²) < 4.78 is 7.44. The van der Waals surface area contributed by atoms with Crippen molar-refractivity contribution in [2.45, 2.75) is 27.5 Å². The van der Waals surface area contributed by atoms with Crippen molar-refractivity contribution >= 4 is 33.5 Å². The molecule has 4 aromatic carbocycles. The zero-order valence-electron chi connectivity index (χ0n) is 15.8. The molecule has 0 amide bonds. The normalized spacial score (nSPS) is 12.7. The zero-order valence-corrected chi connectivity index (χ0v) is 18.8. The van der Waals surface area contributed by atoms with Crippen LogP contribution in [0.3, 0.4) is 0 Å². The summed E-state index contributed by atoms with van der Waals surface area (Å²) in [5.74, 6) is 1.94. The average Bonchev–Trinajstić information content (AvgIpc) is 2.77. The molecule has 0 unspecified atom stereocenters. The monoisotopic (exact) mass is 507 g/mol. The molecule has 0 aliphatic carbocycles. The van der Waals surface area contributed by atoms with E-state index in [-0.39, 0.29) is 10.9 Å². The van der Waals surface area contributed by atoms with Crippen LogP contribution in [0.15, 0.2) is 112 Å². The lowest BCUT2D eigenvalue weighted by Gasteiger charge is -2.19. The van der Waals surface area contributed by atoms with Crippen molar-refractivity contribution in [3.63, 3.8) is 0 Å². The van der Waals surface area contributed by atoms with Crippen molar-refractivity contribution in [1.29, 1.82) is 0 Å². The molecule has 1 heterocycles. The third kappa shape index (κ3) is 3.94. The van der Waals surface area contributed by atoms with Crippen LogP contribution in [0.25, 0.3) is 0 Å². The summed E-state index contributed by atoms with van der Waals surface area (Å²) in [6.45, 7) is 0. The van der Waals surface area contributed by atoms with Crippen molar-refractivity contribution < 1.29 is 4.74 Å². The first-order chi connectivity index (χ1) is 14.3. The Hall–Kier alpha value is -2.24. The fraction of sp³-hybridized carbons (Fsp3) is 0.0769. The standard InChI is InChI=1S/C26H20IOS/c27-21-15-11-19(12-16-21)9-10-20-13-17-22(18-14-20)29-25-7-3-1-5-23(25)28-24-6-2-4-8-26(24)29/h1-8,11-18H,9-10H2/q+1. The minimum absolute atomic E-state index is 0.135. The Morgan fingerprint density at radius 2 is 1.07 bits per heavy atom. The molecule has 0 aromatic heterocycles. The van der Waals surface area contributed by atoms with Gasteiger partial charge < -0.3 is 4.74 Å². The maximum atomic E-state index is 6.16. The Morgan fingerprint density at radius 3 is 1.62 bits per heavy atom. The third-order valence-corrected chi connectivity index (χ3v) is 8.15. The first kappa shape index (κ1) is 18.8. The van der Waals surface area contributed by atoms with Gasteiger partial charge in [0.1, 0.15) is 10.9 Å². The highest BCUT2D eigenvalue weighted by Crippen LogP contribution is 2.46. The molecule has 0 spiro atoms. The highest BCUT2D eigenvalue weighted by atomic mass is 127. The lowest BCUT2D eigenvalue weighted by atomic mass is 10.0. The minimum Gasteiger partial charge on any atom is -0.447 e. The summed E-state index contributed by atoms with van der Waals surface area (Å²) in [6.07, 6.45) is 2.13. The first-order valence-electron chi connectivity index (χ1n) is 9.71. The van der Waals surface area contributed by atoms with Crippen LogP contribution in [0, 0.1) is 3.57 Å². The molecule has 4 aromatic rings. The van der Waals surface area contributed by atoms with Crippen LogP contribution in [0.1, 0.15) is 11.1 Å². The van der Waals surface area contributed by atoms with E-state index in [2.05, 4.69) is 108 Å². The van der Waals surface area contributed by atoms with E-state index >= 15 is 0 Å². The first-order valence-corrected chi connectivity index (χ1v) is 12.0.